The summed E-state index contributed by atoms with van der Waals surface area (Å²) in [6.45, 7) is 0. The number of imidazole rings is 1. The zero-order valence-corrected chi connectivity index (χ0v) is 16.3. The minimum atomic E-state index is -4.84. The molecule has 0 aliphatic heterocycles. The van der Waals surface area contributed by atoms with Gasteiger partial charge in [0.15, 0.2) is 0 Å². The number of hydrogen-bond donors (Lipinski definition) is 2. The molecule has 1 unspecified atom stereocenters. The minimum Gasteiger partial charge on any atom is -0.508 e. The third-order valence-electron chi connectivity index (χ3n) is 4.71. The molecule has 32 heavy (non-hydrogen) atoms. The van der Waals surface area contributed by atoms with Crippen molar-refractivity contribution in [1.29, 1.82) is 0 Å². The number of halogens is 3. The van der Waals surface area contributed by atoms with Crippen LogP contribution in [-0.2, 0) is 0 Å². The number of alkyl halides is 3. The molecule has 0 saturated heterocycles. The van der Waals surface area contributed by atoms with Gasteiger partial charge in [-0.3, -0.25) is 9.55 Å². The molecule has 164 valence electrons. The van der Waals surface area contributed by atoms with Gasteiger partial charge in [-0.25, -0.2) is 9.36 Å². The van der Waals surface area contributed by atoms with E-state index in [1.165, 1.54) is 35.0 Å². The average Bonchev–Trinajstić information content (AvgIpc) is 3.02. The highest BCUT2D eigenvalue weighted by molar-refractivity contribution is 5.41. The highest BCUT2D eigenvalue weighted by atomic mass is 19.4. The molecule has 0 radical (unpaired) electrons. The normalized spacial score (nSPS) is 12.5. The van der Waals surface area contributed by atoms with E-state index in [-0.39, 0.29) is 11.4 Å². The van der Waals surface area contributed by atoms with E-state index in [2.05, 4.69) is 9.72 Å². The highest BCUT2D eigenvalue weighted by Gasteiger charge is 2.31. The number of nitrogens with zero attached hydrogens (tertiary/aromatic N) is 3. The van der Waals surface area contributed by atoms with Gasteiger partial charge >= 0.3 is 12.1 Å². The van der Waals surface area contributed by atoms with Gasteiger partial charge in [-0.05, 0) is 59.7 Å². The van der Waals surface area contributed by atoms with Crippen LogP contribution in [0.15, 0.2) is 84.0 Å². The Morgan fingerprint density at radius 1 is 0.938 bits per heavy atom. The minimum absolute atomic E-state index is 0.00138. The van der Waals surface area contributed by atoms with Gasteiger partial charge in [-0.15, -0.1) is 13.2 Å². The summed E-state index contributed by atoms with van der Waals surface area (Å²) < 4.78 is 43.2. The van der Waals surface area contributed by atoms with Crippen LogP contribution >= 0.6 is 0 Å². The van der Waals surface area contributed by atoms with Gasteiger partial charge in [-0.1, -0.05) is 12.1 Å². The summed E-state index contributed by atoms with van der Waals surface area (Å²) in [5.41, 5.74) is 0.741. The second kappa shape index (κ2) is 8.14. The number of hydrogen-bond acceptors (Lipinski definition) is 5. The third-order valence-corrected chi connectivity index (χ3v) is 4.71. The number of benzene rings is 2. The van der Waals surface area contributed by atoms with E-state index in [1.54, 1.807) is 36.7 Å². The molecule has 0 amide bonds. The SMILES string of the molecule is O=c1n(C(c2ccncc2)c2cccc(O)c2)cc(O)n1-c1ccc(OC(F)(F)F)cc1. The number of aromatic nitrogens is 3. The Morgan fingerprint density at radius 3 is 2.25 bits per heavy atom. The van der Waals surface area contributed by atoms with Crippen LogP contribution in [0.4, 0.5) is 13.2 Å². The van der Waals surface area contributed by atoms with Gasteiger partial charge in [0.05, 0.1) is 17.9 Å². The summed E-state index contributed by atoms with van der Waals surface area (Å²) in [6.07, 6.45) is -0.529. The Morgan fingerprint density at radius 2 is 1.62 bits per heavy atom. The zero-order valence-electron chi connectivity index (χ0n) is 16.3. The van der Waals surface area contributed by atoms with Crippen molar-refractivity contribution >= 4 is 0 Å². The smallest absolute Gasteiger partial charge is 0.508 e. The number of phenolic OH excluding ortho intramolecular Hbond substituents is 1. The Hall–Kier alpha value is -4.21. The van der Waals surface area contributed by atoms with Crippen molar-refractivity contribution in [1.82, 2.24) is 14.1 Å². The summed E-state index contributed by atoms with van der Waals surface area (Å²) in [5, 5.41) is 20.4. The van der Waals surface area contributed by atoms with Gasteiger partial charge in [0.1, 0.15) is 11.5 Å². The van der Waals surface area contributed by atoms with Crippen molar-refractivity contribution in [3.05, 3.63) is 101 Å². The lowest BCUT2D eigenvalue weighted by molar-refractivity contribution is -0.274. The molecule has 0 spiro atoms. The first kappa shape index (κ1) is 21.0. The maximum absolute atomic E-state index is 13.3. The molecule has 2 heterocycles. The molecule has 1 atom stereocenters. The molecule has 7 nitrogen and oxygen atoms in total. The Bertz CT molecular complexity index is 1280. The molecule has 2 aromatic heterocycles. The van der Waals surface area contributed by atoms with Crippen LogP contribution in [0.1, 0.15) is 17.2 Å². The second-order valence-corrected chi connectivity index (χ2v) is 6.83. The topological polar surface area (TPSA) is 89.5 Å². The number of phenols is 1. The summed E-state index contributed by atoms with van der Waals surface area (Å²) >= 11 is 0. The van der Waals surface area contributed by atoms with Crippen LogP contribution < -0.4 is 10.4 Å². The first-order valence-electron chi connectivity index (χ1n) is 9.31. The summed E-state index contributed by atoms with van der Waals surface area (Å²) in [7, 11) is 0. The standard InChI is InChI=1S/C22H16F3N3O4/c23-22(24,25)32-18-6-4-16(5-7-18)28-19(30)13-27(21(28)31)20(14-8-10-26-11-9-14)15-2-1-3-17(29)12-15/h1-13,20,29-30H. The van der Waals surface area contributed by atoms with Gasteiger partial charge in [-0.2, -0.15) is 0 Å². The van der Waals surface area contributed by atoms with Crippen LogP contribution in [0.25, 0.3) is 5.69 Å². The quantitative estimate of drug-likeness (QED) is 0.487. The Balaban J connectivity index is 1.80. The Labute approximate surface area is 179 Å². The van der Waals surface area contributed by atoms with E-state index in [9.17, 15) is 28.2 Å². The van der Waals surface area contributed by atoms with Crippen LogP contribution in [0, 0.1) is 0 Å². The summed E-state index contributed by atoms with van der Waals surface area (Å²) in [4.78, 5) is 17.2. The predicted molar refractivity (Wildman–Crippen MR) is 108 cm³/mol. The molecule has 2 N–H and O–H groups in total. The molecule has 0 saturated carbocycles. The maximum atomic E-state index is 13.3. The maximum Gasteiger partial charge on any atom is 0.573 e. The molecule has 4 rings (SSSR count). The third kappa shape index (κ3) is 4.29. The molecule has 0 aliphatic carbocycles. The van der Waals surface area contributed by atoms with E-state index < -0.39 is 29.7 Å². The fraction of sp³-hybridized carbons (Fsp3) is 0.0909. The van der Waals surface area contributed by atoms with E-state index >= 15 is 0 Å². The van der Waals surface area contributed by atoms with Crippen molar-refractivity contribution in [3.8, 4) is 23.1 Å². The van der Waals surface area contributed by atoms with Crippen LogP contribution in [0.2, 0.25) is 0 Å². The van der Waals surface area contributed by atoms with Gasteiger partial charge in [0, 0.05) is 12.4 Å². The molecular weight excluding hydrogens is 427 g/mol. The van der Waals surface area contributed by atoms with Crippen molar-refractivity contribution in [3.63, 3.8) is 0 Å². The van der Waals surface area contributed by atoms with Crippen LogP contribution in [-0.4, -0.2) is 30.7 Å². The van der Waals surface area contributed by atoms with Crippen LogP contribution in [0.3, 0.4) is 0 Å². The summed E-state index contributed by atoms with van der Waals surface area (Å²) in [6, 6.07) is 13.5. The van der Waals surface area contributed by atoms with Gasteiger partial charge in [0.2, 0.25) is 5.88 Å². The van der Waals surface area contributed by atoms with E-state index in [1.807, 2.05) is 0 Å². The molecule has 4 aromatic rings. The van der Waals surface area contributed by atoms with E-state index in [4.69, 9.17) is 0 Å². The molecule has 0 bridgehead atoms. The van der Waals surface area contributed by atoms with E-state index in [0.29, 0.717) is 11.1 Å². The van der Waals surface area contributed by atoms with Crippen molar-refractivity contribution in [2.24, 2.45) is 0 Å². The largest absolute Gasteiger partial charge is 0.573 e. The number of ether oxygens (including phenoxy) is 1. The van der Waals surface area contributed by atoms with Crippen molar-refractivity contribution in [2.45, 2.75) is 12.4 Å². The monoisotopic (exact) mass is 443 g/mol. The van der Waals surface area contributed by atoms with Crippen molar-refractivity contribution < 1.29 is 28.1 Å². The number of rotatable bonds is 5. The first-order valence-corrected chi connectivity index (χ1v) is 9.31. The lowest BCUT2D eigenvalue weighted by Crippen LogP contribution is -2.27. The molecular formula is C22H16F3N3O4. The van der Waals surface area contributed by atoms with Gasteiger partial charge < -0.3 is 14.9 Å². The first-order chi connectivity index (χ1) is 15.2. The van der Waals surface area contributed by atoms with E-state index in [0.717, 1.165) is 16.7 Å². The lowest BCUT2D eigenvalue weighted by Gasteiger charge is -2.19. The fourth-order valence-electron chi connectivity index (χ4n) is 3.43. The van der Waals surface area contributed by atoms with Crippen LogP contribution in [0.5, 0.6) is 17.4 Å². The molecule has 0 aliphatic rings. The second-order valence-electron chi connectivity index (χ2n) is 6.83. The Kier molecular flexibility index (Phi) is 5.35. The number of aromatic hydroxyl groups is 2. The summed E-state index contributed by atoms with van der Waals surface area (Å²) in [5.74, 6) is -0.875. The predicted octanol–water partition coefficient (Wildman–Crippen LogP) is 3.98. The number of pyridine rings is 1. The van der Waals surface area contributed by atoms with Gasteiger partial charge in [0.25, 0.3) is 0 Å². The van der Waals surface area contributed by atoms with Crippen molar-refractivity contribution in [2.75, 3.05) is 0 Å². The molecule has 2 aromatic carbocycles. The average molecular weight is 443 g/mol. The fourth-order valence-corrected chi connectivity index (χ4v) is 3.43. The highest BCUT2D eigenvalue weighted by Crippen LogP contribution is 2.30. The lowest BCUT2D eigenvalue weighted by atomic mass is 9.99. The molecule has 0 fully saturated rings. The zero-order chi connectivity index (χ0) is 22.9. The molecule has 10 heteroatoms.